The number of aromatic nitrogens is 1. The lowest BCUT2D eigenvalue weighted by atomic mass is 10.3. The second kappa shape index (κ2) is 7.81. The minimum absolute atomic E-state index is 0.332. The monoisotopic (exact) mass is 348 g/mol. The summed E-state index contributed by atoms with van der Waals surface area (Å²) >= 11 is 0. The molecule has 0 fully saturated rings. The standard InChI is InChI=1S/C15H13FN4O5/c16-10-1-3-11(4-2-10)18-13(21)7-17-14(22)9-19-8-12(20(24)25)5-6-15(19)23/h1-6,8H,7,9H2,(H,17,22)(H,18,21). The molecule has 0 bridgehead atoms. The normalized spacial score (nSPS) is 10.1. The fourth-order valence-corrected chi connectivity index (χ4v) is 1.88. The van der Waals surface area contributed by atoms with E-state index < -0.39 is 34.7 Å². The molecule has 2 amide bonds. The molecule has 1 heterocycles. The summed E-state index contributed by atoms with van der Waals surface area (Å²) in [7, 11) is 0. The van der Waals surface area contributed by atoms with E-state index in [2.05, 4.69) is 10.6 Å². The van der Waals surface area contributed by atoms with E-state index in [1.54, 1.807) is 0 Å². The van der Waals surface area contributed by atoms with E-state index in [4.69, 9.17) is 0 Å². The fraction of sp³-hybridized carbons (Fsp3) is 0.133. The quantitative estimate of drug-likeness (QED) is 0.586. The minimum Gasteiger partial charge on any atom is -0.345 e. The molecule has 25 heavy (non-hydrogen) atoms. The van der Waals surface area contributed by atoms with Gasteiger partial charge in [-0.2, -0.15) is 0 Å². The molecule has 0 aliphatic carbocycles. The molecule has 1 aromatic carbocycles. The smallest absolute Gasteiger partial charge is 0.285 e. The van der Waals surface area contributed by atoms with Gasteiger partial charge in [0.2, 0.25) is 11.8 Å². The van der Waals surface area contributed by atoms with Gasteiger partial charge in [0.05, 0.1) is 17.7 Å². The number of nitrogens with zero attached hydrogens (tertiary/aromatic N) is 2. The van der Waals surface area contributed by atoms with Crippen LogP contribution in [0.3, 0.4) is 0 Å². The zero-order chi connectivity index (χ0) is 18.4. The van der Waals surface area contributed by atoms with Crippen molar-refractivity contribution < 1.29 is 18.9 Å². The van der Waals surface area contributed by atoms with E-state index in [1.807, 2.05) is 0 Å². The molecule has 2 N–H and O–H groups in total. The number of carbonyl (C=O) groups excluding carboxylic acids is 2. The summed E-state index contributed by atoms with van der Waals surface area (Å²) in [5.74, 6) is -1.67. The highest BCUT2D eigenvalue weighted by Crippen LogP contribution is 2.08. The van der Waals surface area contributed by atoms with Crippen LogP contribution in [0.2, 0.25) is 0 Å². The number of nitro groups is 1. The Hall–Kier alpha value is -3.56. The molecular weight excluding hydrogens is 335 g/mol. The highest BCUT2D eigenvalue weighted by molar-refractivity contribution is 5.94. The molecule has 1 aromatic heterocycles. The number of pyridine rings is 1. The molecule has 2 rings (SSSR count). The van der Waals surface area contributed by atoms with Gasteiger partial charge in [0.1, 0.15) is 12.4 Å². The van der Waals surface area contributed by atoms with Gasteiger partial charge in [-0.1, -0.05) is 0 Å². The van der Waals surface area contributed by atoms with Gasteiger partial charge < -0.3 is 10.6 Å². The van der Waals surface area contributed by atoms with Crippen LogP contribution in [0, 0.1) is 15.9 Å². The highest BCUT2D eigenvalue weighted by Gasteiger charge is 2.11. The summed E-state index contributed by atoms with van der Waals surface area (Å²) in [4.78, 5) is 45.0. The summed E-state index contributed by atoms with van der Waals surface area (Å²) in [6.07, 6.45) is 0.945. The third-order valence-corrected chi connectivity index (χ3v) is 3.07. The largest absolute Gasteiger partial charge is 0.345 e. The molecule has 0 saturated heterocycles. The number of anilines is 1. The van der Waals surface area contributed by atoms with Crippen LogP contribution in [0.15, 0.2) is 47.4 Å². The van der Waals surface area contributed by atoms with Gasteiger partial charge in [-0.05, 0) is 24.3 Å². The van der Waals surface area contributed by atoms with E-state index >= 15 is 0 Å². The lowest BCUT2D eigenvalue weighted by Gasteiger charge is -2.08. The van der Waals surface area contributed by atoms with Crippen LogP contribution in [0.1, 0.15) is 0 Å². The van der Waals surface area contributed by atoms with Crippen LogP contribution in [-0.2, 0) is 16.1 Å². The molecule has 0 atom stereocenters. The second-order valence-corrected chi connectivity index (χ2v) is 4.94. The van der Waals surface area contributed by atoms with Crippen LogP contribution in [0.4, 0.5) is 15.8 Å². The lowest BCUT2D eigenvalue weighted by molar-refractivity contribution is -0.385. The maximum atomic E-state index is 12.8. The average Bonchev–Trinajstić information content (AvgIpc) is 2.57. The zero-order valence-electron chi connectivity index (χ0n) is 12.8. The van der Waals surface area contributed by atoms with Crippen LogP contribution in [0.25, 0.3) is 0 Å². The van der Waals surface area contributed by atoms with Crippen molar-refractivity contribution in [3.63, 3.8) is 0 Å². The molecule has 2 aromatic rings. The average molecular weight is 348 g/mol. The van der Waals surface area contributed by atoms with Gasteiger partial charge in [-0.25, -0.2) is 4.39 Å². The number of hydrogen-bond donors (Lipinski definition) is 2. The van der Waals surface area contributed by atoms with E-state index in [9.17, 15) is 28.9 Å². The molecule has 0 saturated carbocycles. The number of nitrogens with one attached hydrogen (secondary N) is 2. The highest BCUT2D eigenvalue weighted by atomic mass is 19.1. The molecular formula is C15H13FN4O5. The summed E-state index contributed by atoms with van der Waals surface area (Å²) in [6.45, 7) is -0.843. The van der Waals surface area contributed by atoms with Gasteiger partial charge in [0.15, 0.2) is 0 Å². The molecule has 0 spiro atoms. The van der Waals surface area contributed by atoms with E-state index in [0.717, 1.165) is 22.9 Å². The number of carbonyl (C=O) groups is 2. The van der Waals surface area contributed by atoms with Crippen LogP contribution in [-0.4, -0.2) is 27.8 Å². The van der Waals surface area contributed by atoms with Gasteiger partial charge in [0, 0.05) is 17.8 Å². The van der Waals surface area contributed by atoms with E-state index in [0.29, 0.717) is 5.69 Å². The van der Waals surface area contributed by atoms with Crippen molar-refractivity contribution in [1.82, 2.24) is 9.88 Å². The van der Waals surface area contributed by atoms with Crippen molar-refractivity contribution in [2.45, 2.75) is 6.54 Å². The molecule has 10 heteroatoms. The lowest BCUT2D eigenvalue weighted by Crippen LogP contribution is -2.36. The third kappa shape index (κ3) is 5.23. The Morgan fingerprint density at radius 2 is 1.80 bits per heavy atom. The number of benzene rings is 1. The molecule has 0 aliphatic rings. The first-order valence-corrected chi connectivity index (χ1v) is 7.02. The van der Waals surface area contributed by atoms with Gasteiger partial charge in [0.25, 0.3) is 11.2 Å². The van der Waals surface area contributed by atoms with Crippen molar-refractivity contribution in [2.24, 2.45) is 0 Å². The predicted octanol–water partition coefficient (Wildman–Crippen LogP) is 0.650. The van der Waals surface area contributed by atoms with Crippen LogP contribution in [0.5, 0.6) is 0 Å². The first-order valence-electron chi connectivity index (χ1n) is 7.02. The van der Waals surface area contributed by atoms with Crippen molar-refractivity contribution >= 4 is 23.2 Å². The first kappa shape index (κ1) is 17.8. The predicted molar refractivity (Wildman–Crippen MR) is 85.4 cm³/mol. The van der Waals surface area contributed by atoms with Crippen molar-refractivity contribution in [1.29, 1.82) is 0 Å². The van der Waals surface area contributed by atoms with Gasteiger partial charge >= 0.3 is 0 Å². The second-order valence-electron chi connectivity index (χ2n) is 4.94. The third-order valence-electron chi connectivity index (χ3n) is 3.07. The SMILES string of the molecule is O=C(Cn1cc([N+](=O)[O-])ccc1=O)NCC(=O)Nc1ccc(F)cc1. The first-order chi connectivity index (χ1) is 11.8. The Labute approximate surface area is 140 Å². The topological polar surface area (TPSA) is 123 Å². The summed E-state index contributed by atoms with van der Waals surface area (Å²) in [5.41, 5.74) is -0.562. The van der Waals surface area contributed by atoms with Gasteiger partial charge in [-0.3, -0.25) is 29.1 Å². The van der Waals surface area contributed by atoms with Crippen molar-refractivity contribution in [2.75, 3.05) is 11.9 Å². The van der Waals surface area contributed by atoms with Crippen molar-refractivity contribution in [3.8, 4) is 0 Å². The summed E-state index contributed by atoms with van der Waals surface area (Å²) < 4.78 is 13.6. The van der Waals surface area contributed by atoms with Gasteiger partial charge in [-0.15, -0.1) is 0 Å². The van der Waals surface area contributed by atoms with E-state index in [-0.39, 0.29) is 12.2 Å². The summed E-state index contributed by atoms with van der Waals surface area (Å²) in [5, 5.41) is 15.4. The maximum Gasteiger partial charge on any atom is 0.285 e. The number of rotatable bonds is 6. The van der Waals surface area contributed by atoms with E-state index in [1.165, 1.54) is 24.3 Å². The minimum atomic E-state index is -0.690. The van der Waals surface area contributed by atoms with Crippen molar-refractivity contribution in [3.05, 3.63) is 68.9 Å². The Kier molecular flexibility index (Phi) is 5.56. The molecule has 0 aliphatic heterocycles. The molecule has 0 unspecified atom stereocenters. The molecule has 9 nitrogen and oxygen atoms in total. The van der Waals surface area contributed by atoms with Crippen LogP contribution < -0.4 is 16.2 Å². The summed E-state index contributed by atoms with van der Waals surface area (Å²) in [6, 6.07) is 7.07. The Morgan fingerprint density at radius 3 is 2.44 bits per heavy atom. The zero-order valence-corrected chi connectivity index (χ0v) is 12.8. The Bertz CT molecular complexity index is 863. The Morgan fingerprint density at radius 1 is 1.12 bits per heavy atom. The van der Waals surface area contributed by atoms with Crippen LogP contribution >= 0.6 is 0 Å². The fourth-order valence-electron chi connectivity index (χ4n) is 1.88. The molecule has 0 radical (unpaired) electrons. The molecule has 130 valence electrons. The number of halogens is 1. The number of amides is 2. The Balaban J connectivity index is 1.89. The maximum absolute atomic E-state index is 12.8. The number of hydrogen-bond acceptors (Lipinski definition) is 5.